The maximum atomic E-state index is 14.0. The first kappa shape index (κ1) is 20.7. The van der Waals surface area contributed by atoms with Crippen molar-refractivity contribution in [2.75, 3.05) is 31.1 Å². The Morgan fingerprint density at radius 2 is 1.87 bits per heavy atom. The van der Waals surface area contributed by atoms with E-state index in [-0.39, 0.29) is 28.7 Å². The van der Waals surface area contributed by atoms with E-state index < -0.39 is 10.0 Å². The van der Waals surface area contributed by atoms with Gasteiger partial charge in [0.1, 0.15) is 10.0 Å². The van der Waals surface area contributed by atoms with E-state index in [2.05, 4.69) is 10.2 Å². The number of aryl methyl sites for hydroxylation is 1. The number of H-pyrrole nitrogens is 1. The van der Waals surface area contributed by atoms with E-state index in [0.29, 0.717) is 36.5 Å². The molecule has 10 heteroatoms. The van der Waals surface area contributed by atoms with Crippen LogP contribution in [0.15, 0.2) is 51.5 Å². The molecule has 4 rings (SSSR count). The third kappa shape index (κ3) is 4.16. The smallest absolute Gasteiger partial charge is 0.267 e. The van der Waals surface area contributed by atoms with Gasteiger partial charge in [-0.05, 0) is 37.3 Å². The molecule has 0 unspecified atom stereocenters. The van der Waals surface area contributed by atoms with Crippen LogP contribution >= 0.6 is 11.3 Å². The molecule has 0 spiro atoms. The van der Waals surface area contributed by atoms with Crippen molar-refractivity contribution in [3.05, 3.63) is 74.8 Å². The molecule has 0 radical (unpaired) electrons. The van der Waals surface area contributed by atoms with Gasteiger partial charge < -0.3 is 4.90 Å². The fourth-order valence-electron chi connectivity index (χ4n) is 3.48. The highest BCUT2D eigenvalue weighted by molar-refractivity contribution is 7.91. The van der Waals surface area contributed by atoms with Crippen LogP contribution < -0.4 is 10.5 Å². The van der Waals surface area contributed by atoms with Crippen LogP contribution in [0.5, 0.6) is 0 Å². The van der Waals surface area contributed by atoms with Crippen molar-refractivity contribution in [2.24, 2.45) is 0 Å². The molecule has 3 heterocycles. The number of aromatic amines is 1. The van der Waals surface area contributed by atoms with E-state index in [1.807, 2.05) is 4.90 Å². The number of hydrogen-bond acceptors (Lipinski definition) is 6. The van der Waals surface area contributed by atoms with Gasteiger partial charge in [-0.2, -0.15) is 9.40 Å². The highest BCUT2D eigenvalue weighted by Gasteiger charge is 2.30. The lowest BCUT2D eigenvalue weighted by atomic mass is 10.2. The molecular weight excluding hydrogens is 427 g/mol. The molecule has 1 aromatic carbocycles. The number of anilines is 1. The molecule has 1 N–H and O–H groups in total. The summed E-state index contributed by atoms with van der Waals surface area (Å²) in [6, 6.07) is 11.5. The van der Waals surface area contributed by atoms with Crippen molar-refractivity contribution >= 4 is 27.0 Å². The number of thiophene rings is 1. The van der Waals surface area contributed by atoms with Gasteiger partial charge in [0.25, 0.3) is 15.6 Å². The Kier molecular flexibility index (Phi) is 5.72. The minimum absolute atomic E-state index is 0.249. The molecule has 7 nitrogen and oxygen atoms in total. The van der Waals surface area contributed by atoms with Crippen molar-refractivity contribution in [1.29, 1.82) is 0 Å². The van der Waals surface area contributed by atoms with Gasteiger partial charge in [0.05, 0.1) is 11.4 Å². The zero-order chi connectivity index (χ0) is 21.3. The van der Waals surface area contributed by atoms with Gasteiger partial charge >= 0.3 is 0 Å². The molecule has 1 fully saturated rings. The topological polar surface area (TPSA) is 86.4 Å². The fourth-order valence-corrected chi connectivity index (χ4v) is 6.43. The maximum Gasteiger partial charge on any atom is 0.267 e. The van der Waals surface area contributed by atoms with E-state index in [1.165, 1.54) is 21.7 Å². The largest absolute Gasteiger partial charge is 0.367 e. The first-order valence-electron chi connectivity index (χ1n) is 9.48. The van der Waals surface area contributed by atoms with Crippen LogP contribution in [0.3, 0.4) is 0 Å². The first-order valence-corrected chi connectivity index (χ1v) is 11.7. The standard InChI is InChI=1S/C20H21FN4O3S2/c1-14-12-15(20(26)23-22-14)13-16-6-7-19(29-16)30(27,28)25-10-8-24(9-11-25)18-5-3-2-4-17(18)21/h2-7,12H,8-11,13H2,1H3,(H,23,26). The lowest BCUT2D eigenvalue weighted by Crippen LogP contribution is -2.48. The fraction of sp³-hybridized carbons (Fsp3) is 0.300. The molecule has 0 saturated carbocycles. The number of hydrogen-bond donors (Lipinski definition) is 1. The summed E-state index contributed by atoms with van der Waals surface area (Å²) in [4.78, 5) is 14.6. The van der Waals surface area contributed by atoms with Crippen LogP contribution in [-0.2, 0) is 16.4 Å². The lowest BCUT2D eigenvalue weighted by Gasteiger charge is -2.35. The molecule has 0 bridgehead atoms. The Balaban J connectivity index is 1.46. The van der Waals surface area contributed by atoms with Gasteiger partial charge in [-0.1, -0.05) is 12.1 Å². The second-order valence-electron chi connectivity index (χ2n) is 7.10. The zero-order valence-electron chi connectivity index (χ0n) is 16.3. The predicted molar refractivity (Wildman–Crippen MR) is 114 cm³/mol. The molecule has 30 heavy (non-hydrogen) atoms. The average molecular weight is 449 g/mol. The second kappa shape index (κ2) is 8.29. The molecule has 158 valence electrons. The number of rotatable bonds is 5. The van der Waals surface area contributed by atoms with Gasteiger partial charge in [0, 0.05) is 43.0 Å². The van der Waals surface area contributed by atoms with E-state index in [0.717, 1.165) is 4.88 Å². The Morgan fingerprint density at radius 1 is 1.13 bits per heavy atom. The number of sulfonamides is 1. The summed E-state index contributed by atoms with van der Waals surface area (Å²) >= 11 is 1.17. The summed E-state index contributed by atoms with van der Waals surface area (Å²) in [6.45, 7) is 3.19. The Labute approximate surface area is 177 Å². The monoisotopic (exact) mass is 448 g/mol. The molecule has 0 amide bonds. The number of piperazine rings is 1. The summed E-state index contributed by atoms with van der Waals surface area (Å²) in [5, 5.41) is 6.30. The van der Waals surface area contributed by atoms with Gasteiger partial charge in [-0.25, -0.2) is 17.9 Å². The van der Waals surface area contributed by atoms with Gasteiger partial charge in [0.15, 0.2) is 0 Å². The number of aromatic nitrogens is 2. The van der Waals surface area contributed by atoms with Gasteiger partial charge in [0.2, 0.25) is 0 Å². The normalized spacial score (nSPS) is 15.5. The number of nitrogens with zero attached hydrogens (tertiary/aromatic N) is 3. The SMILES string of the molecule is Cc1cc(Cc2ccc(S(=O)(=O)N3CCN(c4ccccc4F)CC3)s2)c(=O)[nH]n1. The van der Waals surface area contributed by atoms with Crippen molar-refractivity contribution in [2.45, 2.75) is 17.6 Å². The van der Waals surface area contributed by atoms with Gasteiger partial charge in [-0.3, -0.25) is 4.79 Å². The minimum Gasteiger partial charge on any atom is -0.367 e. The van der Waals surface area contributed by atoms with Crippen molar-refractivity contribution < 1.29 is 12.8 Å². The summed E-state index contributed by atoms with van der Waals surface area (Å²) in [5.74, 6) is -0.307. The molecule has 1 aliphatic rings. The zero-order valence-corrected chi connectivity index (χ0v) is 18.0. The molecule has 1 aliphatic heterocycles. The number of benzene rings is 1. The van der Waals surface area contributed by atoms with Crippen LogP contribution in [0.25, 0.3) is 0 Å². The lowest BCUT2D eigenvalue weighted by molar-refractivity contribution is 0.384. The van der Waals surface area contributed by atoms with Crippen LogP contribution in [0.4, 0.5) is 10.1 Å². The molecule has 1 saturated heterocycles. The van der Waals surface area contributed by atoms with E-state index in [9.17, 15) is 17.6 Å². The summed E-state index contributed by atoms with van der Waals surface area (Å²) < 4.78 is 41.8. The predicted octanol–water partition coefficient (Wildman–Crippen LogP) is 2.38. The Morgan fingerprint density at radius 3 is 2.60 bits per heavy atom. The Bertz CT molecular complexity index is 1210. The van der Waals surface area contributed by atoms with Crippen LogP contribution in [-0.4, -0.2) is 49.1 Å². The van der Waals surface area contributed by atoms with E-state index in [1.54, 1.807) is 43.3 Å². The highest BCUT2D eigenvalue weighted by atomic mass is 32.2. The van der Waals surface area contributed by atoms with Crippen molar-refractivity contribution in [3.63, 3.8) is 0 Å². The number of para-hydroxylation sites is 1. The van der Waals surface area contributed by atoms with Gasteiger partial charge in [-0.15, -0.1) is 11.3 Å². The third-order valence-corrected chi connectivity index (χ3v) is 8.49. The summed E-state index contributed by atoms with van der Waals surface area (Å²) in [7, 11) is -3.63. The molecule has 0 aliphatic carbocycles. The van der Waals surface area contributed by atoms with E-state index in [4.69, 9.17) is 0 Å². The minimum atomic E-state index is -3.63. The first-order chi connectivity index (χ1) is 14.3. The maximum absolute atomic E-state index is 14.0. The number of halogens is 1. The van der Waals surface area contributed by atoms with Crippen LogP contribution in [0.2, 0.25) is 0 Å². The van der Waals surface area contributed by atoms with Crippen molar-refractivity contribution in [3.8, 4) is 0 Å². The van der Waals surface area contributed by atoms with Crippen molar-refractivity contribution in [1.82, 2.24) is 14.5 Å². The van der Waals surface area contributed by atoms with E-state index >= 15 is 0 Å². The third-order valence-electron chi connectivity index (χ3n) is 5.04. The summed E-state index contributed by atoms with van der Waals surface area (Å²) in [6.07, 6.45) is 0.347. The molecule has 3 aromatic rings. The van der Waals surface area contributed by atoms with Crippen LogP contribution in [0, 0.1) is 12.7 Å². The van der Waals surface area contributed by atoms with Crippen LogP contribution in [0.1, 0.15) is 16.1 Å². The Hall–Kier alpha value is -2.56. The molecule has 2 aromatic heterocycles. The number of nitrogens with one attached hydrogen (secondary N) is 1. The molecular formula is C20H21FN4O3S2. The molecule has 0 atom stereocenters. The quantitative estimate of drug-likeness (QED) is 0.648. The summed E-state index contributed by atoms with van der Waals surface area (Å²) in [5.41, 5.74) is 1.46. The average Bonchev–Trinajstić information content (AvgIpc) is 3.21. The highest BCUT2D eigenvalue weighted by Crippen LogP contribution is 2.28. The second-order valence-corrected chi connectivity index (χ2v) is 10.4.